The van der Waals surface area contributed by atoms with Gasteiger partial charge in [0.05, 0.1) is 4.92 Å². The smallest absolute Gasteiger partial charge is 0.292 e. The van der Waals surface area contributed by atoms with Crippen molar-refractivity contribution < 1.29 is 9.72 Å². The van der Waals surface area contributed by atoms with Crippen LogP contribution in [0.5, 0.6) is 0 Å². The number of benzene rings is 1. The number of carbonyl (C=O) groups is 1. The zero-order valence-corrected chi connectivity index (χ0v) is 9.82. The van der Waals surface area contributed by atoms with Gasteiger partial charge in [-0.25, -0.2) is 0 Å². The fourth-order valence-corrected chi connectivity index (χ4v) is 1.36. The first-order valence-corrected chi connectivity index (χ1v) is 5.34. The molecule has 0 aliphatic carbocycles. The molecule has 0 aliphatic rings. The van der Waals surface area contributed by atoms with E-state index in [-0.39, 0.29) is 17.3 Å². The molecule has 1 aromatic rings. The summed E-state index contributed by atoms with van der Waals surface area (Å²) in [6.45, 7) is 4.11. The minimum Gasteiger partial charge on any atom is -0.385 e. The number of carbonyl (C=O) groups excluding carboxylic acids is 1. The molecule has 1 rings (SSSR count). The fraction of sp³-hybridized carbons (Fsp3) is 0.364. The lowest BCUT2D eigenvalue weighted by molar-refractivity contribution is -0.383. The van der Waals surface area contributed by atoms with Gasteiger partial charge in [-0.1, -0.05) is 6.92 Å². The maximum Gasteiger partial charge on any atom is 0.292 e. The molecule has 0 fully saturated rings. The third-order valence-electron chi connectivity index (χ3n) is 2.08. The predicted molar refractivity (Wildman–Crippen MR) is 66.2 cm³/mol. The van der Waals surface area contributed by atoms with Gasteiger partial charge in [-0.3, -0.25) is 14.9 Å². The maximum absolute atomic E-state index is 11.0. The van der Waals surface area contributed by atoms with Crippen molar-refractivity contribution in [1.29, 1.82) is 0 Å². The van der Waals surface area contributed by atoms with Gasteiger partial charge in [0.2, 0.25) is 5.91 Å². The van der Waals surface area contributed by atoms with E-state index in [9.17, 15) is 14.9 Å². The molecule has 1 aromatic carbocycles. The van der Waals surface area contributed by atoms with E-state index >= 15 is 0 Å². The van der Waals surface area contributed by atoms with Gasteiger partial charge in [0.25, 0.3) is 5.69 Å². The Bertz CT molecular complexity index is 432. The minimum absolute atomic E-state index is 0.109. The molecule has 17 heavy (non-hydrogen) atoms. The number of anilines is 2. The van der Waals surface area contributed by atoms with Crippen molar-refractivity contribution in [3.63, 3.8) is 0 Å². The number of amides is 1. The highest BCUT2D eigenvalue weighted by Gasteiger charge is 2.14. The standard InChI is InChI=1S/C11H15N3O3/c1-3-6-12-9-4-5-11(14(16)17)10(7-9)13-8(2)15/h4-5,7,12H,3,6H2,1-2H3,(H,13,15). The molecule has 0 bridgehead atoms. The largest absolute Gasteiger partial charge is 0.385 e. The van der Waals surface area contributed by atoms with Gasteiger partial charge in [0, 0.05) is 25.2 Å². The summed E-state index contributed by atoms with van der Waals surface area (Å²) in [6.07, 6.45) is 0.951. The minimum atomic E-state index is -0.519. The first-order chi connectivity index (χ1) is 8.04. The van der Waals surface area contributed by atoms with Crippen LogP contribution >= 0.6 is 0 Å². The Morgan fingerprint density at radius 3 is 2.71 bits per heavy atom. The normalized spacial score (nSPS) is 9.76. The molecule has 0 atom stereocenters. The maximum atomic E-state index is 11.0. The predicted octanol–water partition coefficient (Wildman–Crippen LogP) is 2.38. The molecular formula is C11H15N3O3. The van der Waals surface area contributed by atoms with Crippen molar-refractivity contribution in [3.05, 3.63) is 28.3 Å². The fourth-order valence-electron chi connectivity index (χ4n) is 1.36. The van der Waals surface area contributed by atoms with Crippen LogP contribution in [0.2, 0.25) is 0 Å². The second-order valence-corrected chi connectivity index (χ2v) is 3.60. The summed E-state index contributed by atoms with van der Waals surface area (Å²) in [6, 6.07) is 4.57. The quantitative estimate of drug-likeness (QED) is 0.608. The molecule has 6 nitrogen and oxygen atoms in total. The van der Waals surface area contributed by atoms with Crippen LogP contribution in [0.4, 0.5) is 17.1 Å². The van der Waals surface area contributed by atoms with Crippen LogP contribution in [0.1, 0.15) is 20.3 Å². The van der Waals surface area contributed by atoms with Crippen LogP contribution in [0.3, 0.4) is 0 Å². The summed E-state index contributed by atoms with van der Waals surface area (Å²) in [4.78, 5) is 21.2. The van der Waals surface area contributed by atoms with E-state index in [4.69, 9.17) is 0 Å². The Morgan fingerprint density at radius 1 is 1.47 bits per heavy atom. The molecule has 2 N–H and O–H groups in total. The molecular weight excluding hydrogens is 222 g/mol. The number of hydrogen-bond acceptors (Lipinski definition) is 4. The average Bonchev–Trinajstić information content (AvgIpc) is 2.25. The van der Waals surface area contributed by atoms with E-state index in [1.54, 1.807) is 12.1 Å². The van der Waals surface area contributed by atoms with Crippen LogP contribution in [0, 0.1) is 10.1 Å². The first kappa shape index (κ1) is 13.0. The van der Waals surface area contributed by atoms with Crippen LogP contribution in [0.15, 0.2) is 18.2 Å². The molecule has 1 amide bonds. The van der Waals surface area contributed by atoms with Gasteiger partial charge in [0.15, 0.2) is 0 Å². The van der Waals surface area contributed by atoms with E-state index in [0.29, 0.717) is 0 Å². The third-order valence-corrected chi connectivity index (χ3v) is 2.08. The highest BCUT2D eigenvalue weighted by Crippen LogP contribution is 2.27. The zero-order valence-electron chi connectivity index (χ0n) is 9.82. The second kappa shape index (κ2) is 5.83. The van der Waals surface area contributed by atoms with Gasteiger partial charge in [-0.05, 0) is 18.6 Å². The summed E-state index contributed by atoms with van der Waals surface area (Å²) in [5, 5.41) is 16.3. The number of hydrogen-bond donors (Lipinski definition) is 2. The lowest BCUT2D eigenvalue weighted by Crippen LogP contribution is -2.09. The van der Waals surface area contributed by atoms with Crippen molar-refractivity contribution in [2.45, 2.75) is 20.3 Å². The number of nitro benzene ring substituents is 1. The van der Waals surface area contributed by atoms with E-state index in [2.05, 4.69) is 10.6 Å². The van der Waals surface area contributed by atoms with Crippen molar-refractivity contribution in [1.82, 2.24) is 0 Å². The van der Waals surface area contributed by atoms with E-state index in [0.717, 1.165) is 18.7 Å². The van der Waals surface area contributed by atoms with Crippen molar-refractivity contribution in [2.24, 2.45) is 0 Å². The number of nitrogens with zero attached hydrogens (tertiary/aromatic N) is 1. The summed E-state index contributed by atoms with van der Waals surface area (Å²) in [7, 11) is 0. The summed E-state index contributed by atoms with van der Waals surface area (Å²) in [5.41, 5.74) is 0.854. The lowest BCUT2D eigenvalue weighted by Gasteiger charge is -2.08. The van der Waals surface area contributed by atoms with Gasteiger partial charge >= 0.3 is 0 Å². The van der Waals surface area contributed by atoms with E-state index < -0.39 is 4.92 Å². The Balaban J connectivity index is 3.01. The Morgan fingerprint density at radius 2 is 2.18 bits per heavy atom. The van der Waals surface area contributed by atoms with Crippen molar-refractivity contribution >= 4 is 23.0 Å². The van der Waals surface area contributed by atoms with Gasteiger partial charge in [0.1, 0.15) is 5.69 Å². The second-order valence-electron chi connectivity index (χ2n) is 3.60. The summed E-state index contributed by atoms with van der Waals surface area (Å²) < 4.78 is 0. The molecule has 0 radical (unpaired) electrons. The third kappa shape index (κ3) is 3.75. The van der Waals surface area contributed by atoms with Gasteiger partial charge in [-0.15, -0.1) is 0 Å². The molecule has 6 heteroatoms. The Hall–Kier alpha value is -2.11. The monoisotopic (exact) mass is 237 g/mol. The molecule has 0 saturated heterocycles. The summed E-state index contributed by atoms with van der Waals surface area (Å²) in [5.74, 6) is -0.333. The Kier molecular flexibility index (Phi) is 4.45. The lowest BCUT2D eigenvalue weighted by atomic mass is 10.2. The van der Waals surface area contributed by atoms with Crippen LogP contribution in [-0.2, 0) is 4.79 Å². The molecule has 0 saturated carbocycles. The van der Waals surface area contributed by atoms with Crippen LogP contribution in [-0.4, -0.2) is 17.4 Å². The van der Waals surface area contributed by atoms with E-state index in [1.165, 1.54) is 13.0 Å². The summed E-state index contributed by atoms with van der Waals surface area (Å²) >= 11 is 0. The SMILES string of the molecule is CCCNc1ccc([N+](=O)[O-])c(NC(C)=O)c1. The molecule has 92 valence electrons. The van der Waals surface area contributed by atoms with Crippen LogP contribution < -0.4 is 10.6 Å². The number of nitrogens with one attached hydrogen (secondary N) is 2. The van der Waals surface area contributed by atoms with Gasteiger partial charge < -0.3 is 10.6 Å². The topological polar surface area (TPSA) is 84.3 Å². The zero-order chi connectivity index (χ0) is 12.8. The number of nitro groups is 1. The molecule has 0 spiro atoms. The first-order valence-electron chi connectivity index (χ1n) is 5.34. The van der Waals surface area contributed by atoms with Crippen LogP contribution in [0.25, 0.3) is 0 Å². The average molecular weight is 237 g/mol. The molecule has 0 aliphatic heterocycles. The molecule has 0 heterocycles. The molecule has 0 unspecified atom stereocenters. The highest BCUT2D eigenvalue weighted by molar-refractivity contribution is 5.92. The van der Waals surface area contributed by atoms with Crippen molar-refractivity contribution in [3.8, 4) is 0 Å². The molecule has 0 aromatic heterocycles. The van der Waals surface area contributed by atoms with Gasteiger partial charge in [-0.2, -0.15) is 0 Å². The number of rotatable bonds is 5. The van der Waals surface area contributed by atoms with Crippen molar-refractivity contribution in [2.75, 3.05) is 17.2 Å². The Labute approximate surface area is 99.2 Å². The van der Waals surface area contributed by atoms with E-state index in [1.807, 2.05) is 6.92 Å². The highest BCUT2D eigenvalue weighted by atomic mass is 16.6.